The van der Waals surface area contributed by atoms with E-state index in [0.29, 0.717) is 35.8 Å². The molecule has 0 radical (unpaired) electrons. The first kappa shape index (κ1) is 25.1. The molecule has 1 aliphatic heterocycles. The van der Waals surface area contributed by atoms with Crippen molar-refractivity contribution in [1.82, 2.24) is 14.6 Å². The molecule has 1 aliphatic carbocycles. The van der Waals surface area contributed by atoms with Crippen molar-refractivity contribution in [2.45, 2.75) is 83.0 Å². The Kier molecular flexibility index (Phi) is 7.67. The van der Waals surface area contributed by atoms with Crippen LogP contribution in [0.5, 0.6) is 0 Å². The summed E-state index contributed by atoms with van der Waals surface area (Å²) in [6.07, 6.45) is 6.34. The van der Waals surface area contributed by atoms with Crippen LogP contribution in [-0.4, -0.2) is 50.4 Å². The molecule has 35 heavy (non-hydrogen) atoms. The quantitative estimate of drug-likeness (QED) is 0.546. The molecule has 2 aromatic rings. The minimum absolute atomic E-state index is 0.0272. The Morgan fingerprint density at radius 3 is 2.86 bits per heavy atom. The summed E-state index contributed by atoms with van der Waals surface area (Å²) in [6.45, 7) is 3.72. The number of rotatable bonds is 8. The van der Waals surface area contributed by atoms with Crippen LogP contribution in [0.25, 0.3) is 5.52 Å². The van der Waals surface area contributed by atoms with Gasteiger partial charge >= 0.3 is 5.97 Å². The highest BCUT2D eigenvalue weighted by molar-refractivity contribution is 5.94. The highest BCUT2D eigenvalue weighted by Crippen LogP contribution is 2.40. The molecule has 1 amide bonds. The maximum absolute atomic E-state index is 12.4. The number of hydrogen-bond acceptors (Lipinski definition) is 8. The molecule has 2 aliphatic rings. The van der Waals surface area contributed by atoms with E-state index in [-0.39, 0.29) is 30.8 Å². The number of esters is 1. The van der Waals surface area contributed by atoms with Crippen LogP contribution in [-0.2, 0) is 24.7 Å². The fourth-order valence-corrected chi connectivity index (χ4v) is 4.90. The first-order valence-electron chi connectivity index (χ1n) is 12.4. The van der Waals surface area contributed by atoms with E-state index in [1.807, 2.05) is 13.8 Å². The van der Waals surface area contributed by atoms with Crippen molar-refractivity contribution < 1.29 is 24.2 Å². The number of aromatic nitrogens is 3. The van der Waals surface area contributed by atoms with Gasteiger partial charge in [0.05, 0.1) is 11.8 Å². The Labute approximate surface area is 204 Å². The van der Waals surface area contributed by atoms with Gasteiger partial charge in [0, 0.05) is 18.8 Å². The number of aliphatic hydroxyl groups is 1. The third-order valence-corrected chi connectivity index (χ3v) is 7.22. The lowest BCUT2D eigenvalue weighted by Crippen LogP contribution is -2.36. The van der Waals surface area contributed by atoms with E-state index in [1.165, 1.54) is 17.3 Å². The molecule has 1 saturated carbocycles. The Bertz CT molecular complexity index is 1110. The average Bonchev–Trinajstić information content (AvgIpc) is 3.44. The number of carbonyl (C=O) groups is 2. The highest BCUT2D eigenvalue weighted by Gasteiger charge is 2.52. The summed E-state index contributed by atoms with van der Waals surface area (Å²) in [5, 5.41) is 28.0. The SMILES string of the molecule is CC[C@H](C)C(=O)Nc1ncnn2c([C@]3(C#N)O[C@@H](COC(=O)CC4CCCCC4)C[C@H]3O)ccc12. The van der Waals surface area contributed by atoms with Gasteiger partial charge in [-0.05, 0) is 37.3 Å². The van der Waals surface area contributed by atoms with Gasteiger partial charge in [-0.15, -0.1) is 0 Å². The van der Waals surface area contributed by atoms with Crippen LogP contribution in [0.3, 0.4) is 0 Å². The summed E-state index contributed by atoms with van der Waals surface area (Å²) in [4.78, 5) is 28.9. The van der Waals surface area contributed by atoms with Gasteiger partial charge in [0.1, 0.15) is 30.6 Å². The summed E-state index contributed by atoms with van der Waals surface area (Å²) in [5.41, 5.74) is -0.897. The van der Waals surface area contributed by atoms with Gasteiger partial charge in [-0.3, -0.25) is 9.59 Å². The van der Waals surface area contributed by atoms with Crippen LogP contribution in [0.1, 0.15) is 70.9 Å². The lowest BCUT2D eigenvalue weighted by atomic mass is 9.87. The number of anilines is 1. The molecule has 4 rings (SSSR count). The van der Waals surface area contributed by atoms with E-state index in [0.717, 1.165) is 25.7 Å². The van der Waals surface area contributed by atoms with E-state index in [9.17, 15) is 20.0 Å². The smallest absolute Gasteiger partial charge is 0.306 e. The van der Waals surface area contributed by atoms with E-state index in [2.05, 4.69) is 21.5 Å². The maximum atomic E-state index is 12.4. The van der Waals surface area contributed by atoms with E-state index < -0.39 is 17.8 Å². The molecule has 10 nitrogen and oxygen atoms in total. The average molecular weight is 484 g/mol. The van der Waals surface area contributed by atoms with Gasteiger partial charge in [-0.1, -0.05) is 33.1 Å². The molecule has 0 aromatic carbocycles. The number of nitriles is 1. The molecule has 3 heterocycles. The van der Waals surface area contributed by atoms with Crippen molar-refractivity contribution in [3.63, 3.8) is 0 Å². The molecule has 2 N–H and O–H groups in total. The van der Waals surface area contributed by atoms with Crippen LogP contribution in [0.15, 0.2) is 18.5 Å². The van der Waals surface area contributed by atoms with Gasteiger partial charge < -0.3 is 19.9 Å². The topological polar surface area (TPSA) is 139 Å². The first-order chi connectivity index (χ1) is 16.9. The Hall–Kier alpha value is -3.03. The largest absolute Gasteiger partial charge is 0.463 e. The first-order valence-corrected chi connectivity index (χ1v) is 12.4. The second-order valence-corrected chi connectivity index (χ2v) is 9.65. The molecular weight excluding hydrogens is 450 g/mol. The monoisotopic (exact) mass is 483 g/mol. The van der Waals surface area contributed by atoms with Crippen LogP contribution >= 0.6 is 0 Å². The van der Waals surface area contributed by atoms with E-state index in [4.69, 9.17) is 9.47 Å². The molecule has 188 valence electrons. The number of amides is 1. The van der Waals surface area contributed by atoms with Crippen molar-refractivity contribution in [3.8, 4) is 6.07 Å². The van der Waals surface area contributed by atoms with Crippen molar-refractivity contribution >= 4 is 23.2 Å². The van der Waals surface area contributed by atoms with Crippen molar-refractivity contribution in [2.24, 2.45) is 11.8 Å². The molecule has 4 atom stereocenters. The van der Waals surface area contributed by atoms with Crippen molar-refractivity contribution in [1.29, 1.82) is 5.26 Å². The number of carbonyl (C=O) groups excluding carboxylic acids is 2. The zero-order valence-corrected chi connectivity index (χ0v) is 20.3. The molecule has 0 bridgehead atoms. The van der Waals surface area contributed by atoms with Crippen LogP contribution in [0.2, 0.25) is 0 Å². The number of nitrogens with one attached hydrogen (secondary N) is 1. The third-order valence-electron chi connectivity index (χ3n) is 7.22. The zero-order chi connectivity index (χ0) is 25.0. The Morgan fingerprint density at radius 1 is 1.37 bits per heavy atom. The fraction of sp³-hybridized carbons (Fsp3) is 0.640. The minimum Gasteiger partial charge on any atom is -0.463 e. The van der Waals surface area contributed by atoms with Gasteiger partial charge in [0.2, 0.25) is 11.5 Å². The molecule has 2 aromatic heterocycles. The molecular formula is C25H33N5O5. The number of fused-ring (bicyclic) bond motifs is 1. The predicted molar refractivity (Wildman–Crippen MR) is 126 cm³/mol. The summed E-state index contributed by atoms with van der Waals surface area (Å²) < 4.78 is 12.9. The maximum Gasteiger partial charge on any atom is 0.306 e. The minimum atomic E-state index is -1.70. The molecule has 10 heteroatoms. The summed E-state index contributed by atoms with van der Waals surface area (Å²) in [6, 6.07) is 5.42. The standard InChI is InChI=1S/C25H33N5O5/c1-3-16(2)24(33)29-23-19-9-10-20(30(19)28-15-27-23)25(14-26)21(31)12-18(35-25)13-34-22(32)11-17-7-5-4-6-8-17/h9-10,15-18,21,31H,3-8,11-13H2,1-2H3,(H,27,28,29,33)/t16-,18+,21+,25-/m0/s1. The van der Waals surface area contributed by atoms with Gasteiger partial charge in [-0.25, -0.2) is 9.50 Å². The predicted octanol–water partition coefficient (Wildman–Crippen LogP) is 3.10. The van der Waals surface area contributed by atoms with Gasteiger partial charge in [-0.2, -0.15) is 10.4 Å². The Morgan fingerprint density at radius 2 is 2.14 bits per heavy atom. The van der Waals surface area contributed by atoms with Gasteiger partial charge in [0.15, 0.2) is 5.82 Å². The third kappa shape index (κ3) is 5.16. The normalized spacial score (nSPS) is 25.8. The number of hydrogen-bond donors (Lipinski definition) is 2. The molecule has 0 spiro atoms. The van der Waals surface area contributed by atoms with E-state index >= 15 is 0 Å². The highest BCUT2D eigenvalue weighted by atomic mass is 16.6. The summed E-state index contributed by atoms with van der Waals surface area (Å²) in [7, 11) is 0. The Balaban J connectivity index is 1.47. The second kappa shape index (κ2) is 10.7. The number of aliphatic hydroxyl groups excluding tert-OH is 1. The van der Waals surface area contributed by atoms with E-state index in [1.54, 1.807) is 12.1 Å². The molecule has 0 unspecified atom stereocenters. The number of nitrogens with zero attached hydrogens (tertiary/aromatic N) is 4. The van der Waals surface area contributed by atoms with Crippen molar-refractivity contribution in [3.05, 3.63) is 24.2 Å². The van der Waals surface area contributed by atoms with Gasteiger partial charge in [0.25, 0.3) is 0 Å². The summed E-state index contributed by atoms with van der Waals surface area (Å²) >= 11 is 0. The lowest BCUT2D eigenvalue weighted by Gasteiger charge is -2.24. The van der Waals surface area contributed by atoms with Crippen LogP contribution in [0.4, 0.5) is 5.82 Å². The van der Waals surface area contributed by atoms with Crippen molar-refractivity contribution in [2.75, 3.05) is 11.9 Å². The fourth-order valence-electron chi connectivity index (χ4n) is 4.90. The summed E-state index contributed by atoms with van der Waals surface area (Å²) in [5.74, 6) is 0.0493. The van der Waals surface area contributed by atoms with Crippen LogP contribution < -0.4 is 5.32 Å². The number of ether oxygens (including phenoxy) is 2. The zero-order valence-electron chi connectivity index (χ0n) is 20.3. The lowest BCUT2D eigenvalue weighted by molar-refractivity contribution is -0.150. The molecule has 1 saturated heterocycles. The molecule has 2 fully saturated rings. The van der Waals surface area contributed by atoms with Crippen LogP contribution in [0, 0.1) is 23.2 Å². The second-order valence-electron chi connectivity index (χ2n) is 9.65.